The number of allylic oxidation sites excluding steroid dienone is 1. The average molecular weight is 149 g/mol. The van der Waals surface area contributed by atoms with Gasteiger partial charge in [-0.2, -0.15) is 5.10 Å². The van der Waals surface area contributed by atoms with Crippen LogP contribution in [0, 0.1) is 0 Å². The number of H-pyrrole nitrogens is 1. The van der Waals surface area contributed by atoms with Crippen LogP contribution in [0.15, 0.2) is 18.5 Å². The van der Waals surface area contributed by atoms with Crippen molar-refractivity contribution in [3.8, 4) is 0 Å². The van der Waals surface area contributed by atoms with Crippen molar-refractivity contribution in [1.29, 1.82) is 0 Å². The first-order valence-corrected chi connectivity index (χ1v) is 3.83. The number of nitrogens with zero attached hydrogens (tertiary/aromatic N) is 1. The highest BCUT2D eigenvalue weighted by Crippen LogP contribution is 2.21. The Morgan fingerprint density at radius 1 is 1.45 bits per heavy atom. The lowest BCUT2D eigenvalue weighted by molar-refractivity contribution is 0.834. The van der Waals surface area contributed by atoms with Gasteiger partial charge >= 0.3 is 0 Å². The van der Waals surface area contributed by atoms with E-state index in [0.29, 0.717) is 0 Å². The van der Waals surface area contributed by atoms with Gasteiger partial charge in [0, 0.05) is 11.3 Å². The van der Waals surface area contributed by atoms with Crippen molar-refractivity contribution in [2.45, 2.75) is 19.3 Å². The smallest absolute Gasteiger partial charge is 0.128 e. The molecule has 0 radical (unpaired) electrons. The summed E-state index contributed by atoms with van der Waals surface area (Å²) in [5.41, 5.74) is 2.34. The van der Waals surface area contributed by atoms with Crippen LogP contribution < -0.4 is 5.32 Å². The number of hydrogen-bond acceptors (Lipinski definition) is 2. The first kappa shape index (κ1) is 6.46. The number of fused-ring (bicyclic) bond motifs is 1. The molecule has 3 heteroatoms. The highest BCUT2D eigenvalue weighted by molar-refractivity contribution is 5.48. The number of aromatic amines is 1. The zero-order valence-electron chi connectivity index (χ0n) is 6.35. The van der Waals surface area contributed by atoms with Crippen molar-refractivity contribution in [1.82, 2.24) is 10.2 Å². The van der Waals surface area contributed by atoms with E-state index < -0.39 is 0 Å². The van der Waals surface area contributed by atoms with Crippen LogP contribution in [0.2, 0.25) is 0 Å². The number of aromatic nitrogens is 2. The lowest BCUT2D eigenvalue weighted by Gasteiger charge is -2.01. The Bertz CT molecular complexity index is 275. The van der Waals surface area contributed by atoms with Gasteiger partial charge < -0.3 is 5.32 Å². The standard InChI is InChI=1S/C8H11N3/c1-6-3-2-4-7-5-9-11-8(7)10-6/h5H,1-4H2,(H2,9,10,11). The van der Waals surface area contributed by atoms with Crippen molar-refractivity contribution >= 4 is 5.82 Å². The molecular formula is C8H11N3. The second-order valence-electron chi connectivity index (χ2n) is 2.85. The normalized spacial score (nSPS) is 16.9. The predicted octanol–water partition coefficient (Wildman–Crippen LogP) is 1.67. The van der Waals surface area contributed by atoms with Gasteiger partial charge in [-0.1, -0.05) is 6.58 Å². The third-order valence-electron chi connectivity index (χ3n) is 1.94. The molecule has 1 aromatic rings. The van der Waals surface area contributed by atoms with E-state index in [1.807, 2.05) is 6.20 Å². The molecule has 1 aromatic heterocycles. The fourth-order valence-electron chi connectivity index (χ4n) is 1.34. The molecule has 0 saturated carbocycles. The first-order chi connectivity index (χ1) is 5.36. The fraction of sp³-hybridized carbons (Fsp3) is 0.375. The fourth-order valence-corrected chi connectivity index (χ4v) is 1.34. The van der Waals surface area contributed by atoms with Gasteiger partial charge in [0.05, 0.1) is 6.20 Å². The molecule has 0 spiro atoms. The summed E-state index contributed by atoms with van der Waals surface area (Å²) in [5.74, 6) is 1.02. The van der Waals surface area contributed by atoms with E-state index in [1.165, 1.54) is 12.0 Å². The summed E-state index contributed by atoms with van der Waals surface area (Å²) in [5, 5.41) is 10.0. The molecule has 0 bridgehead atoms. The van der Waals surface area contributed by atoms with E-state index in [9.17, 15) is 0 Å². The monoisotopic (exact) mass is 149 g/mol. The lowest BCUT2D eigenvalue weighted by Crippen LogP contribution is -1.96. The molecule has 2 N–H and O–H groups in total. The summed E-state index contributed by atoms with van der Waals surface area (Å²) in [4.78, 5) is 0. The Labute approximate surface area is 65.5 Å². The Hall–Kier alpha value is -1.25. The van der Waals surface area contributed by atoms with Crippen molar-refractivity contribution in [2.24, 2.45) is 0 Å². The average Bonchev–Trinajstić information content (AvgIpc) is 2.31. The van der Waals surface area contributed by atoms with E-state index in [4.69, 9.17) is 0 Å². The van der Waals surface area contributed by atoms with Crippen molar-refractivity contribution < 1.29 is 0 Å². The Kier molecular flexibility index (Phi) is 1.42. The summed E-state index contributed by atoms with van der Waals surface area (Å²) in [6, 6.07) is 0. The highest BCUT2D eigenvalue weighted by atomic mass is 15.2. The minimum atomic E-state index is 1.02. The SMILES string of the molecule is C=C1CCCc2cn[nH]c2N1. The Morgan fingerprint density at radius 3 is 3.27 bits per heavy atom. The molecule has 2 rings (SSSR count). The van der Waals surface area contributed by atoms with Crippen LogP contribution in [0.5, 0.6) is 0 Å². The minimum Gasteiger partial charge on any atom is -0.345 e. The van der Waals surface area contributed by atoms with Crippen LogP contribution in [-0.4, -0.2) is 10.2 Å². The van der Waals surface area contributed by atoms with Gasteiger partial charge in [0.15, 0.2) is 0 Å². The summed E-state index contributed by atoms with van der Waals surface area (Å²) in [6.07, 6.45) is 5.19. The van der Waals surface area contributed by atoms with Crippen LogP contribution in [0.3, 0.4) is 0 Å². The first-order valence-electron chi connectivity index (χ1n) is 3.83. The third-order valence-corrected chi connectivity index (χ3v) is 1.94. The molecule has 0 aliphatic carbocycles. The lowest BCUT2D eigenvalue weighted by atomic mass is 10.1. The molecule has 3 nitrogen and oxygen atoms in total. The van der Waals surface area contributed by atoms with Gasteiger partial charge in [-0.3, -0.25) is 5.10 Å². The van der Waals surface area contributed by atoms with Gasteiger partial charge in [0.25, 0.3) is 0 Å². The molecule has 2 heterocycles. The number of hydrogen-bond donors (Lipinski definition) is 2. The molecule has 0 fully saturated rings. The molecule has 0 aromatic carbocycles. The quantitative estimate of drug-likeness (QED) is 0.589. The molecule has 0 unspecified atom stereocenters. The van der Waals surface area contributed by atoms with E-state index in [0.717, 1.165) is 24.4 Å². The van der Waals surface area contributed by atoms with Gasteiger partial charge in [-0.05, 0) is 19.3 Å². The maximum atomic E-state index is 3.95. The van der Waals surface area contributed by atoms with Crippen molar-refractivity contribution in [3.05, 3.63) is 24.0 Å². The summed E-state index contributed by atoms with van der Waals surface area (Å²) in [7, 11) is 0. The van der Waals surface area contributed by atoms with Gasteiger partial charge in [0.2, 0.25) is 0 Å². The molecule has 11 heavy (non-hydrogen) atoms. The van der Waals surface area contributed by atoms with Crippen LogP contribution in [-0.2, 0) is 6.42 Å². The van der Waals surface area contributed by atoms with E-state index in [2.05, 4.69) is 22.1 Å². The maximum absolute atomic E-state index is 3.95. The second-order valence-corrected chi connectivity index (χ2v) is 2.85. The van der Waals surface area contributed by atoms with E-state index in [1.54, 1.807) is 0 Å². The molecule has 0 amide bonds. The topological polar surface area (TPSA) is 40.7 Å². The minimum absolute atomic E-state index is 1.02. The number of aryl methyl sites for hydroxylation is 1. The molecule has 1 aliphatic heterocycles. The number of anilines is 1. The summed E-state index contributed by atoms with van der Waals surface area (Å²) in [6.45, 7) is 3.89. The Balaban J connectivity index is 2.32. The zero-order valence-corrected chi connectivity index (χ0v) is 6.35. The van der Waals surface area contributed by atoms with E-state index >= 15 is 0 Å². The predicted molar refractivity (Wildman–Crippen MR) is 44.3 cm³/mol. The van der Waals surface area contributed by atoms with E-state index in [-0.39, 0.29) is 0 Å². The number of nitrogens with one attached hydrogen (secondary N) is 2. The van der Waals surface area contributed by atoms with Crippen molar-refractivity contribution in [3.63, 3.8) is 0 Å². The highest BCUT2D eigenvalue weighted by Gasteiger charge is 2.09. The van der Waals surface area contributed by atoms with Crippen molar-refractivity contribution in [2.75, 3.05) is 5.32 Å². The third kappa shape index (κ3) is 1.13. The molecule has 0 atom stereocenters. The van der Waals surface area contributed by atoms with Crippen LogP contribution in [0.1, 0.15) is 18.4 Å². The van der Waals surface area contributed by atoms with Gasteiger partial charge in [-0.15, -0.1) is 0 Å². The Morgan fingerprint density at radius 2 is 2.36 bits per heavy atom. The second kappa shape index (κ2) is 2.42. The molecular weight excluding hydrogens is 138 g/mol. The molecule has 58 valence electrons. The molecule has 0 saturated heterocycles. The summed E-state index contributed by atoms with van der Waals surface area (Å²) < 4.78 is 0. The number of rotatable bonds is 0. The van der Waals surface area contributed by atoms with Gasteiger partial charge in [-0.25, -0.2) is 0 Å². The molecule has 1 aliphatic rings. The summed E-state index contributed by atoms with van der Waals surface area (Å²) >= 11 is 0. The zero-order chi connectivity index (χ0) is 7.68. The van der Waals surface area contributed by atoms with Crippen LogP contribution in [0.25, 0.3) is 0 Å². The maximum Gasteiger partial charge on any atom is 0.128 e. The van der Waals surface area contributed by atoms with Gasteiger partial charge in [0.1, 0.15) is 5.82 Å². The van der Waals surface area contributed by atoms with Crippen LogP contribution in [0.4, 0.5) is 5.82 Å². The largest absolute Gasteiger partial charge is 0.345 e. The van der Waals surface area contributed by atoms with Crippen LogP contribution >= 0.6 is 0 Å².